The molecule has 0 saturated heterocycles. The van der Waals surface area contributed by atoms with E-state index in [2.05, 4.69) is 13.2 Å². The lowest BCUT2D eigenvalue weighted by Gasteiger charge is -2.05. The summed E-state index contributed by atoms with van der Waals surface area (Å²) in [4.78, 5) is 0. The van der Waals surface area contributed by atoms with Gasteiger partial charge in [-0.05, 0) is 5.57 Å². The number of allylic oxidation sites excluding steroid dienone is 4. The molecule has 0 saturated carbocycles. The van der Waals surface area contributed by atoms with Crippen molar-refractivity contribution < 1.29 is 13.2 Å². The monoisotopic (exact) mass is 162 g/mol. The molecule has 0 unspecified atom stereocenters. The van der Waals surface area contributed by atoms with Crippen LogP contribution in [0.4, 0.5) is 13.2 Å². The quantitative estimate of drug-likeness (QED) is 0.559. The molecule has 0 N–H and O–H groups in total. The Morgan fingerprint density at radius 1 is 1.27 bits per heavy atom. The largest absolute Gasteiger partial charge is 0.393 e. The van der Waals surface area contributed by atoms with Gasteiger partial charge in [-0.15, -0.1) is 0 Å². The molecule has 0 bridgehead atoms. The van der Waals surface area contributed by atoms with Crippen LogP contribution in [-0.2, 0) is 0 Å². The number of halogens is 3. The summed E-state index contributed by atoms with van der Waals surface area (Å²) in [6, 6.07) is 0. The van der Waals surface area contributed by atoms with Crippen molar-refractivity contribution in [2.75, 3.05) is 0 Å². The Balaban J connectivity index is 4.20. The van der Waals surface area contributed by atoms with E-state index in [0.29, 0.717) is 0 Å². The Bertz CT molecular complexity index is 174. The fourth-order valence-corrected chi connectivity index (χ4v) is 0.582. The summed E-state index contributed by atoms with van der Waals surface area (Å²) in [6.07, 6.45) is -1.33. The highest BCUT2D eigenvalue weighted by Gasteiger charge is 2.27. The van der Waals surface area contributed by atoms with E-state index in [0.717, 1.165) is 0 Å². The second kappa shape index (κ2) is 4.01. The Morgan fingerprint density at radius 3 is 2.09 bits per heavy atom. The molecule has 0 heterocycles. The molecular formula is C8H9F3. The lowest BCUT2D eigenvalue weighted by atomic mass is 10.1. The van der Waals surface area contributed by atoms with Gasteiger partial charge in [-0.2, -0.15) is 13.2 Å². The van der Waals surface area contributed by atoms with Crippen molar-refractivity contribution >= 4 is 0 Å². The minimum Gasteiger partial charge on any atom is -0.171 e. The molecular weight excluding hydrogens is 153 g/mol. The third-order valence-electron chi connectivity index (χ3n) is 0.999. The van der Waals surface area contributed by atoms with E-state index in [4.69, 9.17) is 0 Å². The van der Waals surface area contributed by atoms with Gasteiger partial charge >= 0.3 is 6.18 Å². The van der Waals surface area contributed by atoms with Crippen LogP contribution >= 0.6 is 0 Å². The average Bonchev–Trinajstić information content (AvgIpc) is 1.84. The second-order valence-corrected chi connectivity index (χ2v) is 1.97. The topological polar surface area (TPSA) is 0 Å². The first kappa shape index (κ1) is 10.0. The molecule has 0 fully saturated rings. The summed E-state index contributed by atoms with van der Waals surface area (Å²) in [5.41, 5.74) is 0.132. The van der Waals surface area contributed by atoms with Gasteiger partial charge in [-0.1, -0.05) is 31.4 Å². The van der Waals surface area contributed by atoms with Gasteiger partial charge in [0.25, 0.3) is 0 Å². The summed E-state index contributed by atoms with van der Waals surface area (Å²) in [5.74, 6) is 0. The van der Waals surface area contributed by atoms with Crippen molar-refractivity contribution in [1.29, 1.82) is 0 Å². The molecule has 62 valence electrons. The molecule has 3 heteroatoms. The van der Waals surface area contributed by atoms with Crippen LogP contribution in [-0.4, -0.2) is 6.18 Å². The maximum atomic E-state index is 11.7. The predicted octanol–water partition coefficient (Wildman–Crippen LogP) is 3.24. The SMILES string of the molecule is C=C/C=C(\C=C)CC(F)(F)F. The van der Waals surface area contributed by atoms with Crippen LogP contribution in [0.2, 0.25) is 0 Å². The summed E-state index contributed by atoms with van der Waals surface area (Å²) >= 11 is 0. The van der Waals surface area contributed by atoms with Gasteiger partial charge in [0.15, 0.2) is 0 Å². The zero-order chi connectivity index (χ0) is 8.91. The fraction of sp³-hybridized carbons (Fsp3) is 0.250. The van der Waals surface area contributed by atoms with Crippen molar-refractivity contribution in [2.24, 2.45) is 0 Å². The molecule has 0 nitrogen and oxygen atoms in total. The fourth-order valence-electron chi connectivity index (χ4n) is 0.582. The number of rotatable bonds is 3. The van der Waals surface area contributed by atoms with E-state index < -0.39 is 12.6 Å². The van der Waals surface area contributed by atoms with Gasteiger partial charge in [-0.25, -0.2) is 0 Å². The van der Waals surface area contributed by atoms with Crippen LogP contribution in [0.5, 0.6) is 0 Å². The van der Waals surface area contributed by atoms with E-state index in [1.165, 1.54) is 18.2 Å². The minimum atomic E-state index is -4.16. The molecule has 0 spiro atoms. The number of alkyl halides is 3. The third-order valence-corrected chi connectivity index (χ3v) is 0.999. The van der Waals surface area contributed by atoms with Gasteiger partial charge < -0.3 is 0 Å². The van der Waals surface area contributed by atoms with Crippen LogP contribution in [0.3, 0.4) is 0 Å². The normalized spacial score (nSPS) is 12.8. The van der Waals surface area contributed by atoms with Crippen molar-refractivity contribution in [3.63, 3.8) is 0 Å². The van der Waals surface area contributed by atoms with E-state index >= 15 is 0 Å². The molecule has 0 aliphatic carbocycles. The summed E-state index contributed by atoms with van der Waals surface area (Å²) in [6.45, 7) is 6.53. The number of hydrogen-bond acceptors (Lipinski definition) is 0. The number of hydrogen-bond donors (Lipinski definition) is 0. The van der Waals surface area contributed by atoms with Crippen molar-refractivity contribution in [3.8, 4) is 0 Å². The molecule has 0 rings (SSSR count). The van der Waals surface area contributed by atoms with Crippen LogP contribution in [0.15, 0.2) is 37.0 Å². The maximum Gasteiger partial charge on any atom is 0.393 e. The van der Waals surface area contributed by atoms with E-state index in [-0.39, 0.29) is 5.57 Å². The Morgan fingerprint density at radius 2 is 1.82 bits per heavy atom. The van der Waals surface area contributed by atoms with E-state index in [9.17, 15) is 13.2 Å². The predicted molar refractivity (Wildman–Crippen MR) is 39.1 cm³/mol. The first-order chi connectivity index (χ1) is 4.99. The summed E-state index contributed by atoms with van der Waals surface area (Å²) in [7, 11) is 0. The maximum absolute atomic E-state index is 11.7. The zero-order valence-electron chi connectivity index (χ0n) is 5.99. The van der Waals surface area contributed by atoms with E-state index in [1.807, 2.05) is 0 Å². The van der Waals surface area contributed by atoms with E-state index in [1.54, 1.807) is 0 Å². The highest BCUT2D eigenvalue weighted by Crippen LogP contribution is 2.24. The third kappa shape index (κ3) is 5.45. The summed E-state index contributed by atoms with van der Waals surface area (Å²) in [5, 5.41) is 0. The van der Waals surface area contributed by atoms with Gasteiger partial charge in [0.2, 0.25) is 0 Å². The van der Waals surface area contributed by atoms with Crippen LogP contribution in [0, 0.1) is 0 Å². The zero-order valence-corrected chi connectivity index (χ0v) is 5.99. The molecule has 0 aliphatic rings. The molecule has 0 atom stereocenters. The Kier molecular flexibility index (Phi) is 3.65. The van der Waals surface area contributed by atoms with Crippen LogP contribution in [0.1, 0.15) is 6.42 Å². The van der Waals surface area contributed by atoms with Gasteiger partial charge in [-0.3, -0.25) is 0 Å². The molecule has 0 aromatic carbocycles. The lowest BCUT2D eigenvalue weighted by Crippen LogP contribution is -2.07. The molecule has 11 heavy (non-hydrogen) atoms. The average molecular weight is 162 g/mol. The Labute approximate surface area is 63.7 Å². The molecule has 0 aromatic heterocycles. The Hall–Kier alpha value is -0.990. The summed E-state index contributed by atoms with van der Waals surface area (Å²) < 4.78 is 35.1. The van der Waals surface area contributed by atoms with Crippen molar-refractivity contribution in [2.45, 2.75) is 12.6 Å². The molecule has 0 aromatic rings. The second-order valence-electron chi connectivity index (χ2n) is 1.97. The first-order valence-electron chi connectivity index (χ1n) is 3.00. The highest BCUT2D eigenvalue weighted by atomic mass is 19.4. The van der Waals surface area contributed by atoms with Crippen LogP contribution < -0.4 is 0 Å². The van der Waals surface area contributed by atoms with Gasteiger partial charge in [0.1, 0.15) is 0 Å². The van der Waals surface area contributed by atoms with Crippen molar-refractivity contribution in [1.82, 2.24) is 0 Å². The highest BCUT2D eigenvalue weighted by molar-refractivity contribution is 5.21. The molecule has 0 aliphatic heterocycles. The van der Waals surface area contributed by atoms with Gasteiger partial charge in [0, 0.05) is 0 Å². The lowest BCUT2D eigenvalue weighted by molar-refractivity contribution is -0.126. The smallest absolute Gasteiger partial charge is 0.171 e. The molecule has 0 radical (unpaired) electrons. The van der Waals surface area contributed by atoms with Crippen molar-refractivity contribution in [3.05, 3.63) is 37.0 Å². The first-order valence-corrected chi connectivity index (χ1v) is 3.00. The van der Waals surface area contributed by atoms with Gasteiger partial charge in [0.05, 0.1) is 6.42 Å². The van der Waals surface area contributed by atoms with Crippen LogP contribution in [0.25, 0.3) is 0 Å². The minimum absolute atomic E-state index is 0.132. The standard InChI is InChI=1S/C8H9F3/c1-3-5-7(4-2)6-8(9,10)11/h3-5H,1-2,6H2/b7-5+. The molecule has 0 amide bonds.